The lowest BCUT2D eigenvalue weighted by molar-refractivity contribution is -0.124. The predicted molar refractivity (Wildman–Crippen MR) is 112 cm³/mol. The van der Waals surface area contributed by atoms with E-state index < -0.39 is 0 Å². The van der Waals surface area contributed by atoms with Crippen LogP contribution < -0.4 is 15.5 Å². The van der Waals surface area contributed by atoms with Crippen molar-refractivity contribution in [2.75, 3.05) is 12.4 Å². The second-order valence-corrected chi connectivity index (χ2v) is 7.00. The standard InChI is InChI=1S/C20H22BrN3O4/c1-12-5-4-6-16(13(12)2)23-18(25)7-8-19(26)24-22-11-14-9-15(21)20(27)17(10-14)28-3/h4-6,9-11,27H,7-8H2,1-3H3,(H,23,25)(H,24,26). The number of halogens is 1. The van der Waals surface area contributed by atoms with Gasteiger partial charge in [0.05, 0.1) is 17.8 Å². The maximum Gasteiger partial charge on any atom is 0.240 e. The first-order chi connectivity index (χ1) is 13.3. The zero-order valence-electron chi connectivity index (χ0n) is 15.9. The monoisotopic (exact) mass is 447 g/mol. The molecule has 0 spiro atoms. The molecule has 148 valence electrons. The number of nitrogens with one attached hydrogen (secondary N) is 2. The van der Waals surface area contributed by atoms with Crippen LogP contribution in [-0.4, -0.2) is 30.2 Å². The van der Waals surface area contributed by atoms with Gasteiger partial charge < -0.3 is 15.2 Å². The summed E-state index contributed by atoms with van der Waals surface area (Å²) in [6.45, 7) is 3.90. The summed E-state index contributed by atoms with van der Waals surface area (Å²) >= 11 is 3.21. The van der Waals surface area contributed by atoms with Crippen molar-refractivity contribution in [3.63, 3.8) is 0 Å². The van der Waals surface area contributed by atoms with Crippen molar-refractivity contribution in [2.24, 2.45) is 5.10 Å². The molecule has 0 aliphatic carbocycles. The van der Waals surface area contributed by atoms with Crippen molar-refractivity contribution in [1.82, 2.24) is 5.43 Å². The van der Waals surface area contributed by atoms with E-state index in [9.17, 15) is 14.7 Å². The Morgan fingerprint density at radius 2 is 1.93 bits per heavy atom. The summed E-state index contributed by atoms with van der Waals surface area (Å²) in [7, 11) is 1.44. The molecule has 0 heterocycles. The molecule has 0 saturated carbocycles. The second kappa shape index (κ2) is 9.89. The molecule has 0 aliphatic heterocycles. The summed E-state index contributed by atoms with van der Waals surface area (Å²) in [6, 6.07) is 8.88. The quantitative estimate of drug-likeness (QED) is 0.445. The lowest BCUT2D eigenvalue weighted by Crippen LogP contribution is -2.21. The van der Waals surface area contributed by atoms with E-state index in [-0.39, 0.29) is 36.2 Å². The Morgan fingerprint density at radius 1 is 1.21 bits per heavy atom. The molecule has 28 heavy (non-hydrogen) atoms. The van der Waals surface area contributed by atoms with E-state index in [0.29, 0.717) is 10.0 Å². The number of carbonyl (C=O) groups is 2. The molecule has 0 bridgehead atoms. The Hall–Kier alpha value is -2.87. The number of aryl methyl sites for hydroxylation is 1. The highest BCUT2D eigenvalue weighted by Crippen LogP contribution is 2.34. The van der Waals surface area contributed by atoms with Gasteiger partial charge in [-0.3, -0.25) is 9.59 Å². The SMILES string of the molecule is COc1cc(C=NNC(=O)CCC(=O)Nc2cccc(C)c2C)cc(Br)c1O. The number of hydrogen-bond acceptors (Lipinski definition) is 5. The molecule has 2 aromatic carbocycles. The van der Waals surface area contributed by atoms with Gasteiger partial charge in [-0.2, -0.15) is 5.10 Å². The van der Waals surface area contributed by atoms with Crippen LogP contribution in [0.1, 0.15) is 29.5 Å². The molecule has 3 N–H and O–H groups in total. The molecule has 0 aromatic heterocycles. The number of amides is 2. The Labute approximate surface area is 171 Å². The average Bonchev–Trinajstić information content (AvgIpc) is 2.66. The zero-order valence-corrected chi connectivity index (χ0v) is 17.5. The van der Waals surface area contributed by atoms with Crippen molar-refractivity contribution in [3.05, 3.63) is 51.5 Å². The fourth-order valence-electron chi connectivity index (χ4n) is 2.38. The van der Waals surface area contributed by atoms with E-state index in [4.69, 9.17) is 4.74 Å². The number of phenols is 1. The highest BCUT2D eigenvalue weighted by Gasteiger charge is 2.10. The van der Waals surface area contributed by atoms with Crippen molar-refractivity contribution in [2.45, 2.75) is 26.7 Å². The van der Waals surface area contributed by atoms with Gasteiger partial charge in [-0.25, -0.2) is 5.43 Å². The van der Waals surface area contributed by atoms with Crippen LogP contribution in [0.3, 0.4) is 0 Å². The van der Waals surface area contributed by atoms with Crippen LogP contribution >= 0.6 is 15.9 Å². The summed E-state index contributed by atoms with van der Waals surface area (Å²) in [6.07, 6.45) is 1.48. The zero-order chi connectivity index (χ0) is 20.7. The summed E-state index contributed by atoms with van der Waals surface area (Å²) in [4.78, 5) is 23.9. The molecular weight excluding hydrogens is 426 g/mol. The van der Waals surface area contributed by atoms with Crippen molar-refractivity contribution in [1.29, 1.82) is 0 Å². The number of aromatic hydroxyl groups is 1. The number of ether oxygens (including phenoxy) is 1. The Bertz CT molecular complexity index is 913. The van der Waals surface area contributed by atoms with Gasteiger partial charge in [0.25, 0.3) is 0 Å². The van der Waals surface area contributed by atoms with Crippen molar-refractivity contribution >= 4 is 39.6 Å². The van der Waals surface area contributed by atoms with Gasteiger partial charge in [0.2, 0.25) is 11.8 Å². The van der Waals surface area contributed by atoms with Crippen LogP contribution in [0.4, 0.5) is 5.69 Å². The van der Waals surface area contributed by atoms with Crippen molar-refractivity contribution < 1.29 is 19.4 Å². The third-order valence-electron chi connectivity index (χ3n) is 4.13. The third-order valence-corrected chi connectivity index (χ3v) is 4.74. The van der Waals surface area contributed by atoms with E-state index in [0.717, 1.165) is 16.8 Å². The van der Waals surface area contributed by atoms with Crippen LogP contribution in [-0.2, 0) is 9.59 Å². The fourth-order valence-corrected chi connectivity index (χ4v) is 2.84. The van der Waals surface area contributed by atoms with Crippen LogP contribution in [0, 0.1) is 13.8 Å². The minimum atomic E-state index is -0.378. The van der Waals surface area contributed by atoms with Crippen LogP contribution in [0.2, 0.25) is 0 Å². The molecule has 0 aliphatic rings. The molecule has 0 unspecified atom stereocenters. The molecule has 7 nitrogen and oxygen atoms in total. The summed E-state index contributed by atoms with van der Waals surface area (Å²) in [5, 5.41) is 16.4. The highest BCUT2D eigenvalue weighted by atomic mass is 79.9. The van der Waals surface area contributed by atoms with E-state index in [1.165, 1.54) is 13.3 Å². The van der Waals surface area contributed by atoms with Crippen LogP contribution in [0.15, 0.2) is 39.9 Å². The maximum atomic E-state index is 12.0. The largest absolute Gasteiger partial charge is 0.503 e. The lowest BCUT2D eigenvalue weighted by Gasteiger charge is -2.10. The normalized spacial score (nSPS) is 10.7. The van der Waals surface area contributed by atoms with Gasteiger partial charge in [0.1, 0.15) is 0 Å². The third kappa shape index (κ3) is 5.82. The van der Waals surface area contributed by atoms with Crippen LogP contribution in [0.25, 0.3) is 0 Å². The summed E-state index contributed by atoms with van der Waals surface area (Å²) < 4.78 is 5.50. The Morgan fingerprint density at radius 3 is 2.64 bits per heavy atom. The number of rotatable bonds is 7. The van der Waals surface area contributed by atoms with Gasteiger partial charge in [-0.15, -0.1) is 0 Å². The molecular formula is C20H22BrN3O4. The van der Waals surface area contributed by atoms with Gasteiger partial charge in [0.15, 0.2) is 11.5 Å². The second-order valence-electron chi connectivity index (χ2n) is 6.14. The van der Waals surface area contributed by atoms with E-state index >= 15 is 0 Å². The molecule has 0 fully saturated rings. The molecule has 0 radical (unpaired) electrons. The number of benzene rings is 2. The van der Waals surface area contributed by atoms with Gasteiger partial charge in [-0.1, -0.05) is 12.1 Å². The van der Waals surface area contributed by atoms with E-state index in [2.05, 4.69) is 31.8 Å². The first kappa shape index (κ1) is 21.4. The number of anilines is 1. The topological polar surface area (TPSA) is 100 Å². The summed E-state index contributed by atoms with van der Waals surface area (Å²) in [5.74, 6) is -0.346. The maximum absolute atomic E-state index is 12.0. The number of hydrazone groups is 1. The first-order valence-corrected chi connectivity index (χ1v) is 9.35. The average molecular weight is 448 g/mol. The Balaban J connectivity index is 1.84. The van der Waals surface area contributed by atoms with E-state index in [1.807, 2.05) is 32.0 Å². The number of carbonyl (C=O) groups excluding carboxylic acids is 2. The smallest absolute Gasteiger partial charge is 0.240 e. The minimum absolute atomic E-state index is 0.0105. The van der Waals surface area contributed by atoms with Crippen molar-refractivity contribution in [3.8, 4) is 11.5 Å². The lowest BCUT2D eigenvalue weighted by atomic mass is 10.1. The first-order valence-electron chi connectivity index (χ1n) is 8.56. The molecule has 8 heteroatoms. The number of phenolic OH excluding ortho intramolecular Hbond substituents is 1. The number of methoxy groups -OCH3 is 1. The Kier molecular flexibility index (Phi) is 7.57. The molecule has 0 saturated heterocycles. The molecule has 2 amide bonds. The summed E-state index contributed by atoms with van der Waals surface area (Å²) in [5.41, 5.74) is 5.83. The highest BCUT2D eigenvalue weighted by molar-refractivity contribution is 9.10. The minimum Gasteiger partial charge on any atom is -0.503 e. The van der Waals surface area contributed by atoms with Gasteiger partial charge in [-0.05, 0) is 64.7 Å². The number of nitrogens with zero attached hydrogens (tertiary/aromatic N) is 1. The fraction of sp³-hybridized carbons (Fsp3) is 0.250. The van der Waals surface area contributed by atoms with E-state index in [1.54, 1.807) is 12.1 Å². The molecule has 2 aromatic rings. The predicted octanol–water partition coefficient (Wildman–Crippen LogP) is 3.65. The van der Waals surface area contributed by atoms with Crippen LogP contribution in [0.5, 0.6) is 11.5 Å². The molecule has 0 atom stereocenters. The number of hydrogen-bond donors (Lipinski definition) is 3. The molecule has 2 rings (SSSR count). The van der Waals surface area contributed by atoms with Gasteiger partial charge in [0, 0.05) is 18.5 Å². The van der Waals surface area contributed by atoms with Gasteiger partial charge >= 0.3 is 0 Å².